The molecule has 0 fully saturated rings. The van der Waals surface area contributed by atoms with Crippen LogP contribution in [0.15, 0.2) is 44.9 Å². The predicted molar refractivity (Wildman–Crippen MR) is 92.9 cm³/mol. The SMILES string of the molecule is CCN(CC)S(=O)(=O)c1cc(C)ccc1N=Cc1ccsc1. The first kappa shape index (κ1) is 16.9. The van der Waals surface area contributed by atoms with Gasteiger partial charge in [0.1, 0.15) is 4.90 Å². The van der Waals surface area contributed by atoms with Crippen molar-refractivity contribution in [1.82, 2.24) is 4.31 Å². The van der Waals surface area contributed by atoms with Crippen LogP contribution in [0.3, 0.4) is 0 Å². The predicted octanol–water partition coefficient (Wildman–Crippen LogP) is 3.84. The molecule has 0 spiro atoms. The van der Waals surface area contributed by atoms with E-state index in [1.807, 2.05) is 43.7 Å². The summed E-state index contributed by atoms with van der Waals surface area (Å²) in [5.41, 5.74) is 2.35. The number of aliphatic imine (C=N–C) groups is 1. The number of rotatable bonds is 6. The van der Waals surface area contributed by atoms with E-state index in [-0.39, 0.29) is 4.90 Å². The third kappa shape index (κ3) is 3.63. The van der Waals surface area contributed by atoms with Gasteiger partial charge in [0.15, 0.2) is 0 Å². The fourth-order valence-electron chi connectivity index (χ4n) is 2.13. The minimum Gasteiger partial charge on any atom is -0.255 e. The molecule has 0 aliphatic heterocycles. The van der Waals surface area contributed by atoms with Crippen molar-refractivity contribution in [2.75, 3.05) is 13.1 Å². The number of hydrogen-bond acceptors (Lipinski definition) is 4. The van der Waals surface area contributed by atoms with Crippen molar-refractivity contribution < 1.29 is 8.42 Å². The molecule has 118 valence electrons. The lowest BCUT2D eigenvalue weighted by molar-refractivity contribution is 0.445. The van der Waals surface area contributed by atoms with Gasteiger partial charge in [-0.2, -0.15) is 15.6 Å². The zero-order valence-electron chi connectivity index (χ0n) is 13.0. The Hall–Kier alpha value is -1.50. The van der Waals surface area contributed by atoms with Gasteiger partial charge in [0.05, 0.1) is 5.69 Å². The second kappa shape index (κ2) is 7.17. The molecule has 0 bridgehead atoms. The van der Waals surface area contributed by atoms with Crippen molar-refractivity contribution in [3.8, 4) is 0 Å². The Bertz CT molecular complexity index is 746. The Morgan fingerprint density at radius 1 is 1.23 bits per heavy atom. The van der Waals surface area contributed by atoms with Crippen LogP contribution < -0.4 is 0 Å². The summed E-state index contributed by atoms with van der Waals surface area (Å²) in [4.78, 5) is 4.65. The fourth-order valence-corrected chi connectivity index (χ4v) is 4.42. The number of hydrogen-bond donors (Lipinski definition) is 0. The molecule has 0 radical (unpaired) electrons. The summed E-state index contributed by atoms with van der Waals surface area (Å²) >= 11 is 1.58. The van der Waals surface area contributed by atoms with Crippen LogP contribution in [0.2, 0.25) is 0 Å². The van der Waals surface area contributed by atoms with E-state index in [2.05, 4.69) is 4.99 Å². The second-order valence-electron chi connectivity index (χ2n) is 4.88. The van der Waals surface area contributed by atoms with Crippen LogP contribution in [-0.4, -0.2) is 32.0 Å². The van der Waals surface area contributed by atoms with Gasteiger partial charge >= 0.3 is 0 Å². The standard InChI is InChI=1S/C16H20N2O2S2/c1-4-18(5-2)22(19,20)16-10-13(3)6-7-15(16)17-11-14-8-9-21-12-14/h6-12H,4-5H2,1-3H3. The van der Waals surface area contributed by atoms with Crippen LogP contribution >= 0.6 is 11.3 Å². The molecule has 1 heterocycles. The van der Waals surface area contributed by atoms with E-state index in [1.54, 1.807) is 29.7 Å². The molecule has 0 saturated carbocycles. The van der Waals surface area contributed by atoms with Gasteiger partial charge in [-0.05, 0) is 41.4 Å². The van der Waals surface area contributed by atoms with Crippen LogP contribution in [0.5, 0.6) is 0 Å². The molecule has 0 aliphatic rings. The number of thiophene rings is 1. The highest BCUT2D eigenvalue weighted by atomic mass is 32.2. The molecule has 0 atom stereocenters. The zero-order valence-corrected chi connectivity index (χ0v) is 14.6. The smallest absolute Gasteiger partial charge is 0.245 e. The van der Waals surface area contributed by atoms with Gasteiger partial charge in [0.25, 0.3) is 0 Å². The molecule has 1 aromatic heterocycles. The first-order valence-electron chi connectivity index (χ1n) is 7.16. The molecule has 2 aromatic rings. The van der Waals surface area contributed by atoms with Gasteiger partial charge in [-0.3, -0.25) is 4.99 Å². The van der Waals surface area contributed by atoms with Crippen LogP contribution in [0, 0.1) is 6.92 Å². The lowest BCUT2D eigenvalue weighted by Crippen LogP contribution is -2.30. The highest BCUT2D eigenvalue weighted by Gasteiger charge is 2.24. The zero-order chi connectivity index (χ0) is 16.2. The molecule has 4 nitrogen and oxygen atoms in total. The van der Waals surface area contributed by atoms with Crippen molar-refractivity contribution in [3.05, 3.63) is 46.2 Å². The van der Waals surface area contributed by atoms with Crippen LogP contribution in [0.1, 0.15) is 25.0 Å². The molecule has 0 N–H and O–H groups in total. The molecule has 2 rings (SSSR count). The van der Waals surface area contributed by atoms with Crippen molar-refractivity contribution in [2.45, 2.75) is 25.7 Å². The molecule has 0 unspecified atom stereocenters. The third-order valence-electron chi connectivity index (χ3n) is 3.33. The van der Waals surface area contributed by atoms with E-state index in [1.165, 1.54) is 4.31 Å². The number of nitrogens with zero attached hydrogens (tertiary/aromatic N) is 2. The largest absolute Gasteiger partial charge is 0.255 e. The Kier molecular flexibility index (Phi) is 5.50. The fraction of sp³-hybridized carbons (Fsp3) is 0.312. The first-order valence-corrected chi connectivity index (χ1v) is 9.54. The lowest BCUT2D eigenvalue weighted by atomic mass is 10.2. The van der Waals surface area contributed by atoms with Crippen molar-refractivity contribution >= 4 is 33.3 Å². The van der Waals surface area contributed by atoms with E-state index in [4.69, 9.17) is 0 Å². The maximum absolute atomic E-state index is 12.8. The number of aryl methyl sites for hydroxylation is 1. The Morgan fingerprint density at radius 3 is 2.55 bits per heavy atom. The van der Waals surface area contributed by atoms with Crippen LogP contribution in [0.25, 0.3) is 0 Å². The molecule has 0 aliphatic carbocycles. The Labute approximate surface area is 136 Å². The van der Waals surface area contributed by atoms with E-state index in [0.29, 0.717) is 18.8 Å². The van der Waals surface area contributed by atoms with E-state index in [9.17, 15) is 8.42 Å². The normalized spacial score (nSPS) is 12.4. The van der Waals surface area contributed by atoms with Gasteiger partial charge in [0.2, 0.25) is 10.0 Å². The number of sulfonamides is 1. The average molecular weight is 336 g/mol. The molecular formula is C16H20N2O2S2. The minimum atomic E-state index is -3.52. The van der Waals surface area contributed by atoms with Gasteiger partial charge in [0, 0.05) is 24.9 Å². The second-order valence-corrected chi connectivity index (χ2v) is 7.56. The van der Waals surface area contributed by atoms with Crippen LogP contribution in [-0.2, 0) is 10.0 Å². The van der Waals surface area contributed by atoms with Gasteiger partial charge < -0.3 is 0 Å². The molecule has 1 aromatic carbocycles. The summed E-state index contributed by atoms with van der Waals surface area (Å²) in [5.74, 6) is 0. The Balaban J connectivity index is 2.49. The van der Waals surface area contributed by atoms with E-state index in [0.717, 1.165) is 11.1 Å². The van der Waals surface area contributed by atoms with Gasteiger partial charge in [-0.25, -0.2) is 8.42 Å². The minimum absolute atomic E-state index is 0.266. The summed E-state index contributed by atoms with van der Waals surface area (Å²) in [6.07, 6.45) is 1.70. The molecule has 6 heteroatoms. The number of benzene rings is 1. The molecule has 0 saturated heterocycles. The third-order valence-corrected chi connectivity index (χ3v) is 6.11. The summed E-state index contributed by atoms with van der Waals surface area (Å²) in [5, 5.41) is 3.93. The molecule has 22 heavy (non-hydrogen) atoms. The highest BCUT2D eigenvalue weighted by Crippen LogP contribution is 2.28. The van der Waals surface area contributed by atoms with Crippen molar-refractivity contribution in [1.29, 1.82) is 0 Å². The summed E-state index contributed by atoms with van der Waals surface area (Å²) < 4.78 is 27.0. The quantitative estimate of drug-likeness (QED) is 0.753. The topological polar surface area (TPSA) is 49.7 Å². The lowest BCUT2D eigenvalue weighted by Gasteiger charge is -2.19. The Morgan fingerprint density at radius 2 is 1.95 bits per heavy atom. The summed E-state index contributed by atoms with van der Waals surface area (Å²) in [6, 6.07) is 7.27. The average Bonchev–Trinajstić information content (AvgIpc) is 3.00. The highest BCUT2D eigenvalue weighted by molar-refractivity contribution is 7.89. The van der Waals surface area contributed by atoms with Crippen LogP contribution in [0.4, 0.5) is 5.69 Å². The van der Waals surface area contributed by atoms with E-state index >= 15 is 0 Å². The maximum atomic E-state index is 12.8. The monoisotopic (exact) mass is 336 g/mol. The van der Waals surface area contributed by atoms with E-state index < -0.39 is 10.0 Å². The van der Waals surface area contributed by atoms with Crippen molar-refractivity contribution in [3.63, 3.8) is 0 Å². The van der Waals surface area contributed by atoms with Gasteiger partial charge in [-0.15, -0.1) is 0 Å². The van der Waals surface area contributed by atoms with Gasteiger partial charge in [-0.1, -0.05) is 19.9 Å². The first-order chi connectivity index (χ1) is 10.5. The summed E-state index contributed by atoms with van der Waals surface area (Å²) in [7, 11) is -3.52. The molecule has 0 amide bonds. The molecular weight excluding hydrogens is 316 g/mol. The maximum Gasteiger partial charge on any atom is 0.245 e. The van der Waals surface area contributed by atoms with Crippen molar-refractivity contribution in [2.24, 2.45) is 4.99 Å². The summed E-state index contributed by atoms with van der Waals surface area (Å²) in [6.45, 7) is 6.45.